The Labute approximate surface area is 90.0 Å². The van der Waals surface area contributed by atoms with Crippen molar-refractivity contribution in [2.24, 2.45) is 11.3 Å². The van der Waals surface area contributed by atoms with Gasteiger partial charge in [0.05, 0.1) is 13.2 Å². The van der Waals surface area contributed by atoms with Crippen LogP contribution in [0.15, 0.2) is 12.4 Å². The molecule has 0 aliphatic rings. The standard InChI is InChI=1S/C10H18N4O/c1-10(2,3)8(14-11)7-9(15-4)13-6-5-12-7/h5-6,8,14H,11H2,1-4H3. The molecule has 1 heterocycles. The van der Waals surface area contributed by atoms with Crippen LogP contribution in [-0.2, 0) is 0 Å². The summed E-state index contributed by atoms with van der Waals surface area (Å²) in [5.41, 5.74) is 3.42. The molecule has 1 rings (SSSR count). The Hall–Kier alpha value is -1.20. The van der Waals surface area contributed by atoms with Crippen LogP contribution in [0.2, 0.25) is 0 Å². The number of hydrazine groups is 1. The summed E-state index contributed by atoms with van der Waals surface area (Å²) in [6.07, 6.45) is 3.23. The Morgan fingerprint density at radius 3 is 2.40 bits per heavy atom. The van der Waals surface area contributed by atoms with Crippen molar-refractivity contribution in [3.05, 3.63) is 18.1 Å². The molecular formula is C10H18N4O. The van der Waals surface area contributed by atoms with Gasteiger partial charge >= 0.3 is 0 Å². The SMILES string of the molecule is COc1nccnc1C(NN)C(C)(C)C. The Bertz CT molecular complexity index is 321. The van der Waals surface area contributed by atoms with Crippen molar-refractivity contribution in [2.45, 2.75) is 26.8 Å². The number of nitrogens with one attached hydrogen (secondary N) is 1. The summed E-state index contributed by atoms with van der Waals surface area (Å²) >= 11 is 0. The quantitative estimate of drug-likeness (QED) is 0.576. The van der Waals surface area contributed by atoms with Crippen LogP contribution >= 0.6 is 0 Å². The van der Waals surface area contributed by atoms with E-state index < -0.39 is 0 Å². The molecule has 3 N–H and O–H groups in total. The summed E-state index contributed by atoms with van der Waals surface area (Å²) in [7, 11) is 1.57. The third-order valence-corrected chi connectivity index (χ3v) is 2.19. The van der Waals surface area contributed by atoms with Gasteiger partial charge in [0.2, 0.25) is 5.88 Å². The molecule has 5 nitrogen and oxygen atoms in total. The molecule has 0 saturated heterocycles. The third kappa shape index (κ3) is 2.64. The van der Waals surface area contributed by atoms with Gasteiger partial charge in [0.1, 0.15) is 5.69 Å². The smallest absolute Gasteiger partial charge is 0.237 e. The van der Waals surface area contributed by atoms with Crippen molar-refractivity contribution in [3.8, 4) is 5.88 Å². The highest BCUT2D eigenvalue weighted by Crippen LogP contribution is 2.34. The van der Waals surface area contributed by atoms with Gasteiger partial charge in [-0.3, -0.25) is 16.3 Å². The molecule has 0 aliphatic heterocycles. The number of rotatable bonds is 3. The van der Waals surface area contributed by atoms with Gasteiger partial charge in [-0.1, -0.05) is 20.8 Å². The number of methoxy groups -OCH3 is 1. The van der Waals surface area contributed by atoms with Gasteiger partial charge < -0.3 is 4.74 Å². The fourth-order valence-electron chi connectivity index (χ4n) is 1.43. The molecule has 0 spiro atoms. The Morgan fingerprint density at radius 2 is 1.93 bits per heavy atom. The predicted octanol–water partition coefficient (Wildman–Crippen LogP) is 1.04. The van der Waals surface area contributed by atoms with Crippen LogP contribution in [0.5, 0.6) is 5.88 Å². The van der Waals surface area contributed by atoms with E-state index in [-0.39, 0.29) is 11.5 Å². The van der Waals surface area contributed by atoms with Gasteiger partial charge in [-0.05, 0) is 5.41 Å². The number of hydrogen-bond donors (Lipinski definition) is 2. The minimum atomic E-state index is -0.0962. The lowest BCUT2D eigenvalue weighted by molar-refractivity contribution is 0.258. The molecule has 1 unspecified atom stereocenters. The summed E-state index contributed by atoms with van der Waals surface area (Å²) in [6, 6.07) is -0.0962. The van der Waals surface area contributed by atoms with Crippen LogP contribution < -0.4 is 16.0 Å². The fraction of sp³-hybridized carbons (Fsp3) is 0.600. The second-order valence-electron chi connectivity index (χ2n) is 4.42. The molecule has 5 heteroatoms. The summed E-state index contributed by atoms with van der Waals surface area (Å²) in [5, 5.41) is 0. The second kappa shape index (κ2) is 4.55. The summed E-state index contributed by atoms with van der Waals surface area (Å²) in [4.78, 5) is 8.36. The molecule has 1 atom stereocenters. The summed E-state index contributed by atoms with van der Waals surface area (Å²) in [6.45, 7) is 6.23. The van der Waals surface area contributed by atoms with Gasteiger partial charge in [-0.25, -0.2) is 4.98 Å². The monoisotopic (exact) mass is 210 g/mol. The number of ether oxygens (including phenoxy) is 1. The van der Waals surface area contributed by atoms with Crippen molar-refractivity contribution < 1.29 is 4.74 Å². The molecule has 0 bridgehead atoms. The van der Waals surface area contributed by atoms with Crippen LogP contribution in [0.25, 0.3) is 0 Å². The lowest BCUT2D eigenvalue weighted by Gasteiger charge is -2.29. The van der Waals surface area contributed by atoms with Crippen LogP contribution in [0.4, 0.5) is 0 Å². The number of hydrogen-bond acceptors (Lipinski definition) is 5. The average molecular weight is 210 g/mol. The highest BCUT2D eigenvalue weighted by molar-refractivity contribution is 5.22. The lowest BCUT2D eigenvalue weighted by Crippen LogP contribution is -2.37. The molecule has 0 amide bonds. The maximum Gasteiger partial charge on any atom is 0.237 e. The van der Waals surface area contributed by atoms with Crippen molar-refractivity contribution >= 4 is 0 Å². The summed E-state index contributed by atoms with van der Waals surface area (Å²) < 4.78 is 5.15. The molecule has 0 radical (unpaired) electrons. The van der Waals surface area contributed by atoms with E-state index in [0.29, 0.717) is 5.88 Å². The van der Waals surface area contributed by atoms with Gasteiger partial charge in [0.15, 0.2) is 0 Å². The first-order valence-corrected chi connectivity index (χ1v) is 4.81. The van der Waals surface area contributed by atoms with E-state index in [1.165, 1.54) is 0 Å². The lowest BCUT2D eigenvalue weighted by atomic mass is 9.85. The molecule has 1 aromatic rings. The van der Waals surface area contributed by atoms with E-state index in [9.17, 15) is 0 Å². The highest BCUT2D eigenvalue weighted by atomic mass is 16.5. The van der Waals surface area contributed by atoms with Crippen LogP contribution in [0.3, 0.4) is 0 Å². The number of nitrogens with two attached hydrogens (primary N) is 1. The molecule has 1 aromatic heterocycles. The zero-order valence-corrected chi connectivity index (χ0v) is 9.61. The molecule has 0 saturated carbocycles. The van der Waals surface area contributed by atoms with Gasteiger partial charge in [-0.15, -0.1) is 0 Å². The topological polar surface area (TPSA) is 73.1 Å². The van der Waals surface area contributed by atoms with Gasteiger partial charge in [0.25, 0.3) is 0 Å². The molecule has 0 fully saturated rings. The van der Waals surface area contributed by atoms with E-state index in [1.807, 2.05) is 0 Å². The van der Waals surface area contributed by atoms with Crippen molar-refractivity contribution in [3.63, 3.8) is 0 Å². The third-order valence-electron chi connectivity index (χ3n) is 2.19. The molecule has 84 valence electrons. The van der Waals surface area contributed by atoms with E-state index in [2.05, 4.69) is 36.2 Å². The molecule has 0 aliphatic carbocycles. The normalized spacial score (nSPS) is 13.7. The molecular weight excluding hydrogens is 192 g/mol. The highest BCUT2D eigenvalue weighted by Gasteiger charge is 2.29. The minimum Gasteiger partial charge on any atom is -0.480 e. The predicted molar refractivity (Wildman–Crippen MR) is 58.1 cm³/mol. The van der Waals surface area contributed by atoms with E-state index in [1.54, 1.807) is 19.5 Å². The van der Waals surface area contributed by atoms with Crippen LogP contribution in [0, 0.1) is 5.41 Å². The number of aromatic nitrogens is 2. The largest absolute Gasteiger partial charge is 0.480 e. The first-order valence-electron chi connectivity index (χ1n) is 4.81. The van der Waals surface area contributed by atoms with E-state index in [0.717, 1.165) is 5.69 Å². The maximum atomic E-state index is 5.54. The Morgan fingerprint density at radius 1 is 1.33 bits per heavy atom. The zero-order valence-electron chi connectivity index (χ0n) is 9.61. The fourth-order valence-corrected chi connectivity index (χ4v) is 1.43. The van der Waals surface area contributed by atoms with E-state index >= 15 is 0 Å². The second-order valence-corrected chi connectivity index (χ2v) is 4.42. The number of nitrogens with zero attached hydrogens (tertiary/aromatic N) is 2. The van der Waals surface area contributed by atoms with Crippen LogP contribution in [0.1, 0.15) is 32.5 Å². The van der Waals surface area contributed by atoms with Crippen molar-refractivity contribution in [2.75, 3.05) is 7.11 Å². The first-order chi connectivity index (χ1) is 7.00. The summed E-state index contributed by atoms with van der Waals surface area (Å²) in [5.74, 6) is 6.05. The van der Waals surface area contributed by atoms with Gasteiger partial charge in [-0.2, -0.15) is 0 Å². The van der Waals surface area contributed by atoms with Crippen LogP contribution in [-0.4, -0.2) is 17.1 Å². The minimum absolute atomic E-state index is 0.0575. The Balaban J connectivity index is 3.12. The average Bonchev–Trinajstić information content (AvgIpc) is 2.17. The molecule has 15 heavy (non-hydrogen) atoms. The Kier molecular flexibility index (Phi) is 3.60. The van der Waals surface area contributed by atoms with Gasteiger partial charge in [0, 0.05) is 12.4 Å². The molecule has 0 aromatic carbocycles. The van der Waals surface area contributed by atoms with E-state index in [4.69, 9.17) is 10.6 Å². The first kappa shape index (κ1) is 11.9. The maximum absolute atomic E-state index is 5.54. The zero-order chi connectivity index (χ0) is 11.5. The van der Waals surface area contributed by atoms with Crippen molar-refractivity contribution in [1.29, 1.82) is 0 Å². The van der Waals surface area contributed by atoms with Crippen molar-refractivity contribution in [1.82, 2.24) is 15.4 Å².